The highest BCUT2D eigenvalue weighted by Gasteiger charge is 2.28. The molecule has 1 atom stereocenters. The second-order valence-electron chi connectivity index (χ2n) is 10.4. The smallest absolute Gasteiger partial charge is 0.243 e. The number of piperidine rings is 1. The zero-order chi connectivity index (χ0) is 23.2. The maximum absolute atomic E-state index is 13.3. The van der Waals surface area contributed by atoms with E-state index in [0.29, 0.717) is 6.42 Å². The van der Waals surface area contributed by atoms with Crippen LogP contribution in [0.3, 0.4) is 0 Å². The fraction of sp³-hybridized carbons (Fsp3) is 0.630. The van der Waals surface area contributed by atoms with E-state index in [9.17, 15) is 9.59 Å². The first kappa shape index (κ1) is 23.8. The Kier molecular flexibility index (Phi) is 8.07. The SMILES string of the molecule is CC(C)C(=O)NC(Cc1c[nH]c2ccccc12)C(=O)NC1CCN(CC2CCCCC2)CC1. The van der Waals surface area contributed by atoms with Crippen molar-refractivity contribution in [2.24, 2.45) is 11.8 Å². The minimum absolute atomic E-state index is 0.0694. The van der Waals surface area contributed by atoms with Crippen LogP contribution >= 0.6 is 0 Å². The van der Waals surface area contributed by atoms with Gasteiger partial charge in [0.15, 0.2) is 0 Å². The van der Waals surface area contributed by atoms with Gasteiger partial charge in [-0.2, -0.15) is 0 Å². The fourth-order valence-corrected chi connectivity index (χ4v) is 5.36. The number of aromatic nitrogens is 1. The lowest BCUT2D eigenvalue weighted by molar-refractivity contribution is -0.131. The van der Waals surface area contributed by atoms with Crippen molar-refractivity contribution >= 4 is 22.7 Å². The van der Waals surface area contributed by atoms with Crippen LogP contribution in [0.2, 0.25) is 0 Å². The van der Waals surface area contributed by atoms with Crippen molar-refractivity contribution in [3.05, 3.63) is 36.0 Å². The molecule has 2 aliphatic rings. The molecule has 1 aliphatic carbocycles. The predicted octanol–water partition coefficient (Wildman–Crippen LogP) is 4.01. The van der Waals surface area contributed by atoms with Gasteiger partial charge in [-0.05, 0) is 43.2 Å². The van der Waals surface area contributed by atoms with E-state index >= 15 is 0 Å². The molecule has 1 aromatic heterocycles. The van der Waals surface area contributed by atoms with Crippen LogP contribution in [0, 0.1) is 11.8 Å². The zero-order valence-corrected chi connectivity index (χ0v) is 20.2. The van der Waals surface area contributed by atoms with Crippen molar-refractivity contribution in [3.8, 4) is 0 Å². The highest BCUT2D eigenvalue weighted by atomic mass is 16.2. The van der Waals surface area contributed by atoms with Crippen LogP contribution in [0.15, 0.2) is 30.5 Å². The molecular formula is C27H40N4O2. The van der Waals surface area contributed by atoms with Crippen molar-refractivity contribution in [2.45, 2.75) is 77.3 Å². The summed E-state index contributed by atoms with van der Waals surface area (Å²) in [4.78, 5) is 31.6. The van der Waals surface area contributed by atoms with Gasteiger partial charge in [-0.15, -0.1) is 0 Å². The van der Waals surface area contributed by atoms with Crippen molar-refractivity contribution < 1.29 is 9.59 Å². The van der Waals surface area contributed by atoms with E-state index in [-0.39, 0.29) is 23.8 Å². The van der Waals surface area contributed by atoms with Crippen LogP contribution in [0.1, 0.15) is 64.4 Å². The van der Waals surface area contributed by atoms with E-state index in [0.717, 1.165) is 48.3 Å². The molecule has 4 rings (SSSR count). The monoisotopic (exact) mass is 452 g/mol. The van der Waals surface area contributed by atoms with Crippen LogP contribution in [0.5, 0.6) is 0 Å². The van der Waals surface area contributed by atoms with Gasteiger partial charge in [0, 0.05) is 55.1 Å². The van der Waals surface area contributed by atoms with E-state index < -0.39 is 6.04 Å². The average Bonchev–Trinajstić information content (AvgIpc) is 3.23. The highest BCUT2D eigenvalue weighted by Crippen LogP contribution is 2.25. The summed E-state index contributed by atoms with van der Waals surface area (Å²) in [5, 5.41) is 7.36. The quantitative estimate of drug-likeness (QED) is 0.566. The van der Waals surface area contributed by atoms with Gasteiger partial charge in [-0.1, -0.05) is 51.3 Å². The molecule has 2 amide bonds. The van der Waals surface area contributed by atoms with Crippen LogP contribution in [-0.4, -0.2) is 53.4 Å². The van der Waals surface area contributed by atoms with Gasteiger partial charge < -0.3 is 20.5 Å². The van der Waals surface area contributed by atoms with E-state index in [1.807, 2.05) is 38.2 Å². The second kappa shape index (κ2) is 11.2. The standard InChI is InChI=1S/C27H40N4O2/c1-19(2)26(32)30-25(16-21-17-28-24-11-7-6-10-23(21)24)27(33)29-22-12-14-31(15-13-22)18-20-8-4-3-5-9-20/h6-7,10-11,17,19-20,22,25,28H,3-5,8-9,12-16,18H2,1-2H3,(H,29,33)(H,30,32). The molecule has 0 spiro atoms. The number of hydrogen-bond donors (Lipinski definition) is 3. The number of fused-ring (bicyclic) bond motifs is 1. The van der Waals surface area contributed by atoms with Crippen molar-refractivity contribution in [1.82, 2.24) is 20.5 Å². The summed E-state index contributed by atoms with van der Waals surface area (Å²) < 4.78 is 0. The number of hydrogen-bond acceptors (Lipinski definition) is 3. The first-order valence-electron chi connectivity index (χ1n) is 12.9. The molecule has 1 aliphatic heterocycles. The summed E-state index contributed by atoms with van der Waals surface area (Å²) >= 11 is 0. The van der Waals surface area contributed by atoms with E-state index in [2.05, 4.69) is 26.6 Å². The molecule has 6 nitrogen and oxygen atoms in total. The number of nitrogens with zero attached hydrogens (tertiary/aromatic N) is 1. The van der Waals surface area contributed by atoms with Crippen molar-refractivity contribution in [2.75, 3.05) is 19.6 Å². The summed E-state index contributed by atoms with van der Waals surface area (Å²) in [6, 6.07) is 7.70. The Morgan fingerprint density at radius 1 is 1.03 bits per heavy atom. The number of amides is 2. The number of carbonyl (C=O) groups excluding carboxylic acids is 2. The topological polar surface area (TPSA) is 77.2 Å². The Balaban J connectivity index is 1.34. The number of likely N-dealkylation sites (tertiary alicyclic amines) is 1. The predicted molar refractivity (Wildman–Crippen MR) is 133 cm³/mol. The summed E-state index contributed by atoms with van der Waals surface area (Å²) in [5.41, 5.74) is 2.10. The molecule has 2 heterocycles. The van der Waals surface area contributed by atoms with Gasteiger partial charge in [-0.25, -0.2) is 0 Å². The molecule has 33 heavy (non-hydrogen) atoms. The Hall–Kier alpha value is -2.34. The van der Waals surface area contributed by atoms with Crippen LogP contribution < -0.4 is 10.6 Å². The summed E-state index contributed by atoms with van der Waals surface area (Å²) in [7, 11) is 0. The summed E-state index contributed by atoms with van der Waals surface area (Å²) in [6.45, 7) is 7.03. The van der Waals surface area contributed by atoms with Crippen molar-refractivity contribution in [1.29, 1.82) is 0 Å². The van der Waals surface area contributed by atoms with E-state index in [1.54, 1.807) is 0 Å². The summed E-state index contributed by atoms with van der Waals surface area (Å²) in [5.74, 6) is 0.542. The van der Waals surface area contributed by atoms with Gasteiger partial charge in [0.1, 0.15) is 6.04 Å². The molecular weight excluding hydrogens is 412 g/mol. The molecule has 2 aromatic rings. The highest BCUT2D eigenvalue weighted by molar-refractivity contribution is 5.90. The number of para-hydroxylation sites is 1. The lowest BCUT2D eigenvalue weighted by atomic mass is 9.88. The fourth-order valence-electron chi connectivity index (χ4n) is 5.36. The Bertz CT molecular complexity index is 923. The lowest BCUT2D eigenvalue weighted by Crippen LogP contribution is -2.53. The molecule has 0 radical (unpaired) electrons. The first-order valence-corrected chi connectivity index (χ1v) is 12.9. The third-order valence-corrected chi connectivity index (χ3v) is 7.43. The van der Waals surface area contributed by atoms with Crippen LogP contribution in [0.4, 0.5) is 0 Å². The van der Waals surface area contributed by atoms with Crippen LogP contribution in [0.25, 0.3) is 10.9 Å². The minimum atomic E-state index is -0.570. The van der Waals surface area contributed by atoms with E-state index in [1.165, 1.54) is 38.6 Å². The Labute approximate surface area is 197 Å². The van der Waals surface area contributed by atoms with Gasteiger partial charge in [-0.3, -0.25) is 9.59 Å². The molecule has 0 bridgehead atoms. The van der Waals surface area contributed by atoms with Crippen molar-refractivity contribution in [3.63, 3.8) is 0 Å². The third kappa shape index (κ3) is 6.38. The maximum atomic E-state index is 13.3. The molecule has 1 saturated carbocycles. The number of carbonyl (C=O) groups is 2. The number of rotatable bonds is 8. The average molecular weight is 453 g/mol. The molecule has 1 saturated heterocycles. The zero-order valence-electron chi connectivity index (χ0n) is 20.2. The first-order chi connectivity index (χ1) is 16.0. The largest absolute Gasteiger partial charge is 0.361 e. The van der Waals surface area contributed by atoms with E-state index in [4.69, 9.17) is 0 Å². The van der Waals surface area contributed by atoms with Gasteiger partial charge in [0.05, 0.1) is 0 Å². The Morgan fingerprint density at radius 2 is 1.76 bits per heavy atom. The van der Waals surface area contributed by atoms with Crippen LogP contribution in [-0.2, 0) is 16.0 Å². The van der Waals surface area contributed by atoms with Gasteiger partial charge in [0.2, 0.25) is 11.8 Å². The normalized spacial score (nSPS) is 19.6. The molecule has 1 unspecified atom stereocenters. The lowest BCUT2D eigenvalue weighted by Gasteiger charge is -2.36. The molecule has 1 aromatic carbocycles. The number of H-pyrrole nitrogens is 1. The number of benzene rings is 1. The maximum Gasteiger partial charge on any atom is 0.243 e. The molecule has 2 fully saturated rings. The number of nitrogens with one attached hydrogen (secondary N) is 3. The molecule has 3 N–H and O–H groups in total. The minimum Gasteiger partial charge on any atom is -0.361 e. The summed E-state index contributed by atoms with van der Waals surface area (Å²) in [6.07, 6.45) is 11.3. The third-order valence-electron chi connectivity index (χ3n) is 7.43. The number of aromatic amines is 1. The Morgan fingerprint density at radius 3 is 2.48 bits per heavy atom. The van der Waals surface area contributed by atoms with Gasteiger partial charge >= 0.3 is 0 Å². The molecule has 6 heteroatoms. The second-order valence-corrected chi connectivity index (χ2v) is 10.4. The van der Waals surface area contributed by atoms with Gasteiger partial charge in [0.25, 0.3) is 0 Å². The molecule has 180 valence electrons.